The minimum absolute atomic E-state index is 0.0186. The number of rotatable bonds is 4. The third-order valence-corrected chi connectivity index (χ3v) is 3.77. The average Bonchev–Trinajstić information content (AvgIpc) is 2.26. The first kappa shape index (κ1) is 14.5. The van der Waals surface area contributed by atoms with Gasteiger partial charge >= 0.3 is 0 Å². The molecule has 0 heterocycles. The molecule has 4 nitrogen and oxygen atoms in total. The average molecular weight is 242 g/mol. The highest BCUT2D eigenvalue weighted by molar-refractivity contribution is 5.78. The van der Waals surface area contributed by atoms with Gasteiger partial charge in [0.05, 0.1) is 6.10 Å². The highest BCUT2D eigenvalue weighted by Crippen LogP contribution is 2.30. The Morgan fingerprint density at radius 3 is 2.65 bits per heavy atom. The monoisotopic (exact) mass is 242 g/mol. The molecule has 0 spiro atoms. The molecule has 0 saturated heterocycles. The number of hydrogen-bond donors (Lipinski definition) is 2. The molecular formula is C13H26N2O2. The molecule has 3 N–H and O–H groups in total. The van der Waals surface area contributed by atoms with Crippen LogP contribution in [0.2, 0.25) is 0 Å². The van der Waals surface area contributed by atoms with E-state index in [2.05, 4.69) is 0 Å². The van der Waals surface area contributed by atoms with Crippen molar-refractivity contribution in [3.8, 4) is 0 Å². The van der Waals surface area contributed by atoms with E-state index in [-0.39, 0.29) is 17.9 Å². The quantitative estimate of drug-likeness (QED) is 0.772. The van der Waals surface area contributed by atoms with Crippen molar-refractivity contribution in [2.75, 3.05) is 13.6 Å². The highest BCUT2D eigenvalue weighted by Gasteiger charge is 2.30. The van der Waals surface area contributed by atoms with Gasteiger partial charge < -0.3 is 15.7 Å². The molecule has 1 rings (SSSR count). The van der Waals surface area contributed by atoms with Crippen LogP contribution in [0, 0.1) is 11.8 Å². The Kier molecular flexibility index (Phi) is 5.40. The van der Waals surface area contributed by atoms with Crippen molar-refractivity contribution in [3.63, 3.8) is 0 Å². The minimum Gasteiger partial charge on any atom is -0.392 e. The lowest BCUT2D eigenvalue weighted by molar-refractivity contribution is -0.137. The van der Waals surface area contributed by atoms with Crippen LogP contribution in [0.5, 0.6) is 0 Å². The molecule has 1 saturated carbocycles. The Morgan fingerprint density at radius 1 is 1.47 bits per heavy atom. The number of nitrogens with two attached hydrogens (primary N) is 1. The van der Waals surface area contributed by atoms with Gasteiger partial charge in [-0.05, 0) is 32.1 Å². The van der Waals surface area contributed by atoms with Gasteiger partial charge in [0.2, 0.25) is 5.91 Å². The Hall–Kier alpha value is -0.610. The summed E-state index contributed by atoms with van der Waals surface area (Å²) in [4.78, 5) is 13.8. The second-order valence-corrected chi connectivity index (χ2v) is 5.54. The van der Waals surface area contributed by atoms with Gasteiger partial charge in [0.15, 0.2) is 0 Å². The van der Waals surface area contributed by atoms with Crippen molar-refractivity contribution in [1.29, 1.82) is 0 Å². The summed E-state index contributed by atoms with van der Waals surface area (Å²) in [6.45, 7) is 4.09. The van der Waals surface area contributed by atoms with Gasteiger partial charge in [0.25, 0.3) is 0 Å². The molecule has 0 aliphatic heterocycles. The lowest BCUT2D eigenvalue weighted by atomic mass is 9.78. The number of nitrogens with zero attached hydrogens (tertiary/aromatic N) is 1. The van der Waals surface area contributed by atoms with Crippen LogP contribution in [-0.2, 0) is 4.79 Å². The van der Waals surface area contributed by atoms with Crippen LogP contribution in [-0.4, -0.2) is 41.7 Å². The summed E-state index contributed by atoms with van der Waals surface area (Å²) in [6.07, 6.45) is 3.80. The molecule has 0 aromatic carbocycles. The third kappa shape index (κ3) is 4.28. The van der Waals surface area contributed by atoms with Gasteiger partial charge in [0.1, 0.15) is 0 Å². The predicted molar refractivity (Wildman–Crippen MR) is 68.4 cm³/mol. The fourth-order valence-electron chi connectivity index (χ4n) is 2.76. The SMILES string of the molecule is CC(O)CN(C)C(=O)C(C)C1CCCC(N)C1. The molecular weight excluding hydrogens is 216 g/mol. The predicted octanol–water partition coefficient (Wildman–Crippen LogP) is 0.979. The number of carbonyl (C=O) groups excluding carboxylic acids is 1. The number of likely N-dealkylation sites (N-methyl/N-ethyl adjacent to an activating group) is 1. The summed E-state index contributed by atoms with van der Waals surface area (Å²) < 4.78 is 0. The summed E-state index contributed by atoms with van der Waals surface area (Å²) in [6, 6.07) is 0.256. The van der Waals surface area contributed by atoms with E-state index in [4.69, 9.17) is 5.73 Å². The first-order valence-corrected chi connectivity index (χ1v) is 6.60. The first-order valence-electron chi connectivity index (χ1n) is 6.60. The van der Waals surface area contributed by atoms with Crippen LogP contribution >= 0.6 is 0 Å². The molecule has 4 atom stereocenters. The maximum atomic E-state index is 12.2. The van der Waals surface area contributed by atoms with Crippen LogP contribution in [0.15, 0.2) is 0 Å². The largest absolute Gasteiger partial charge is 0.392 e. The number of carbonyl (C=O) groups is 1. The van der Waals surface area contributed by atoms with Crippen molar-refractivity contribution < 1.29 is 9.90 Å². The number of amides is 1. The van der Waals surface area contributed by atoms with Crippen LogP contribution in [0.1, 0.15) is 39.5 Å². The van der Waals surface area contributed by atoms with E-state index >= 15 is 0 Å². The van der Waals surface area contributed by atoms with E-state index in [0.29, 0.717) is 12.5 Å². The normalized spacial score (nSPS) is 28.5. The molecule has 0 aromatic heterocycles. The zero-order valence-electron chi connectivity index (χ0n) is 11.2. The van der Waals surface area contributed by atoms with Crippen LogP contribution < -0.4 is 5.73 Å². The molecule has 1 amide bonds. The van der Waals surface area contributed by atoms with Crippen molar-refractivity contribution in [2.24, 2.45) is 17.6 Å². The molecule has 1 aliphatic carbocycles. The summed E-state index contributed by atoms with van der Waals surface area (Å²) in [5.74, 6) is 0.554. The van der Waals surface area contributed by atoms with Crippen molar-refractivity contribution in [1.82, 2.24) is 4.90 Å². The highest BCUT2D eigenvalue weighted by atomic mass is 16.3. The zero-order chi connectivity index (χ0) is 13.0. The summed E-state index contributed by atoms with van der Waals surface area (Å²) in [5.41, 5.74) is 5.96. The summed E-state index contributed by atoms with van der Waals surface area (Å²) in [7, 11) is 1.76. The smallest absolute Gasteiger partial charge is 0.225 e. The zero-order valence-corrected chi connectivity index (χ0v) is 11.2. The fraction of sp³-hybridized carbons (Fsp3) is 0.923. The van der Waals surface area contributed by atoms with Gasteiger partial charge in [-0.2, -0.15) is 0 Å². The van der Waals surface area contributed by atoms with Crippen molar-refractivity contribution in [2.45, 2.75) is 51.7 Å². The van der Waals surface area contributed by atoms with Crippen LogP contribution in [0.3, 0.4) is 0 Å². The van der Waals surface area contributed by atoms with Crippen LogP contribution in [0.4, 0.5) is 0 Å². The van der Waals surface area contributed by atoms with Gasteiger partial charge in [-0.15, -0.1) is 0 Å². The molecule has 1 fully saturated rings. The summed E-state index contributed by atoms with van der Waals surface area (Å²) >= 11 is 0. The molecule has 0 bridgehead atoms. The van der Waals surface area contributed by atoms with Gasteiger partial charge in [0, 0.05) is 25.6 Å². The maximum absolute atomic E-state index is 12.2. The number of aliphatic hydroxyl groups excluding tert-OH is 1. The van der Waals surface area contributed by atoms with E-state index in [1.54, 1.807) is 18.9 Å². The second-order valence-electron chi connectivity index (χ2n) is 5.54. The second kappa shape index (κ2) is 6.36. The maximum Gasteiger partial charge on any atom is 0.225 e. The standard InChI is InChI=1S/C13H26N2O2/c1-9(16)8-15(3)13(17)10(2)11-5-4-6-12(14)7-11/h9-12,16H,4-8,14H2,1-3H3. The van der Waals surface area contributed by atoms with E-state index in [9.17, 15) is 9.90 Å². The third-order valence-electron chi connectivity index (χ3n) is 3.77. The molecule has 4 heteroatoms. The number of hydrogen-bond acceptors (Lipinski definition) is 3. The molecule has 4 unspecified atom stereocenters. The van der Waals surface area contributed by atoms with Gasteiger partial charge in [-0.25, -0.2) is 0 Å². The Bertz CT molecular complexity index is 256. The summed E-state index contributed by atoms with van der Waals surface area (Å²) in [5, 5.41) is 9.29. The molecule has 17 heavy (non-hydrogen) atoms. The Balaban J connectivity index is 2.50. The molecule has 0 radical (unpaired) electrons. The first-order chi connectivity index (χ1) is 7.91. The topological polar surface area (TPSA) is 66.6 Å². The fourth-order valence-corrected chi connectivity index (χ4v) is 2.76. The lowest BCUT2D eigenvalue weighted by Crippen LogP contribution is -2.41. The van der Waals surface area contributed by atoms with E-state index in [1.165, 1.54) is 0 Å². The Labute approximate surface area is 104 Å². The number of aliphatic hydroxyl groups is 1. The minimum atomic E-state index is -0.468. The van der Waals surface area contributed by atoms with E-state index in [0.717, 1.165) is 25.7 Å². The lowest BCUT2D eigenvalue weighted by Gasteiger charge is -2.32. The molecule has 0 aromatic rings. The van der Waals surface area contributed by atoms with Gasteiger partial charge in [-0.3, -0.25) is 4.79 Å². The Morgan fingerprint density at radius 2 is 2.12 bits per heavy atom. The van der Waals surface area contributed by atoms with E-state index < -0.39 is 6.10 Å². The van der Waals surface area contributed by atoms with Crippen LogP contribution in [0.25, 0.3) is 0 Å². The van der Waals surface area contributed by atoms with E-state index in [1.807, 2.05) is 6.92 Å². The van der Waals surface area contributed by atoms with Gasteiger partial charge in [-0.1, -0.05) is 13.3 Å². The molecule has 1 aliphatic rings. The molecule has 100 valence electrons. The van der Waals surface area contributed by atoms with Crippen molar-refractivity contribution >= 4 is 5.91 Å². The van der Waals surface area contributed by atoms with Crippen molar-refractivity contribution in [3.05, 3.63) is 0 Å².